The van der Waals surface area contributed by atoms with Gasteiger partial charge in [0, 0.05) is 6.92 Å². The molecule has 1 nitrogen and oxygen atoms in total. The summed E-state index contributed by atoms with van der Waals surface area (Å²) in [7, 11) is 0. The van der Waals surface area contributed by atoms with Crippen molar-refractivity contribution >= 4 is 0 Å². The number of hydrogen-bond donors (Lipinski definition) is 1. The lowest BCUT2D eigenvalue weighted by Crippen LogP contribution is -2.74. The van der Waals surface area contributed by atoms with Crippen molar-refractivity contribution in [2.24, 2.45) is 0 Å². The molecular formula is C10H5F17O. The average molecular weight is 464 g/mol. The lowest BCUT2D eigenvalue weighted by Gasteiger charge is -2.42. The van der Waals surface area contributed by atoms with Crippen LogP contribution in [0.15, 0.2) is 0 Å². The Bertz CT molecular complexity index is 567. The van der Waals surface area contributed by atoms with Gasteiger partial charge in [-0.05, 0) is 0 Å². The van der Waals surface area contributed by atoms with E-state index in [0.29, 0.717) is 0 Å². The van der Waals surface area contributed by atoms with Gasteiger partial charge >= 0.3 is 47.6 Å². The zero-order chi connectivity index (χ0) is 23.6. The van der Waals surface area contributed by atoms with Crippen LogP contribution in [0.3, 0.4) is 0 Å². The summed E-state index contributed by atoms with van der Waals surface area (Å²) in [6, 6.07) is 0. The summed E-state index contributed by atoms with van der Waals surface area (Å²) in [6.45, 7) is -1.26. The summed E-state index contributed by atoms with van der Waals surface area (Å²) in [4.78, 5) is 0. The van der Waals surface area contributed by atoms with Gasteiger partial charge in [-0.1, -0.05) is 0 Å². The number of rotatable bonds is 8. The van der Waals surface area contributed by atoms with E-state index in [2.05, 4.69) is 0 Å². The van der Waals surface area contributed by atoms with Crippen molar-refractivity contribution in [2.45, 2.75) is 60.7 Å². The van der Waals surface area contributed by atoms with Crippen molar-refractivity contribution in [1.29, 1.82) is 0 Å². The molecule has 0 amide bonds. The lowest BCUT2D eigenvalue weighted by molar-refractivity contribution is -0.449. The van der Waals surface area contributed by atoms with Crippen molar-refractivity contribution in [2.75, 3.05) is 0 Å². The van der Waals surface area contributed by atoms with Crippen LogP contribution >= 0.6 is 0 Å². The lowest BCUT2D eigenvalue weighted by atomic mass is 9.88. The molecule has 0 rings (SSSR count). The Morgan fingerprint density at radius 3 is 1.00 bits per heavy atom. The smallest absolute Gasteiger partial charge is 0.334 e. The molecule has 170 valence electrons. The molecule has 28 heavy (non-hydrogen) atoms. The minimum Gasteiger partial charge on any atom is -0.334 e. The van der Waals surface area contributed by atoms with E-state index in [9.17, 15) is 74.6 Å². The highest BCUT2D eigenvalue weighted by Crippen LogP contribution is 2.63. The third-order valence-electron chi connectivity index (χ3n) is 3.17. The van der Waals surface area contributed by atoms with Gasteiger partial charge in [0.2, 0.25) is 0 Å². The van der Waals surface area contributed by atoms with E-state index in [0.717, 1.165) is 0 Å². The molecule has 0 fully saturated rings. The van der Waals surface area contributed by atoms with Gasteiger partial charge in [-0.2, -0.15) is 70.2 Å². The van der Waals surface area contributed by atoms with Gasteiger partial charge in [0.15, 0.2) is 0 Å². The predicted octanol–water partition coefficient (Wildman–Crippen LogP) is 5.38. The van der Waals surface area contributed by atoms with Crippen LogP contribution in [-0.2, 0) is 0 Å². The van der Waals surface area contributed by atoms with Crippen molar-refractivity contribution in [1.82, 2.24) is 0 Å². The summed E-state index contributed by atoms with van der Waals surface area (Å²) in [5.74, 6) is -55.2. The zero-order valence-electron chi connectivity index (χ0n) is 12.4. The van der Waals surface area contributed by atoms with E-state index < -0.39 is 60.7 Å². The molecule has 1 atom stereocenters. The summed E-state index contributed by atoms with van der Waals surface area (Å²) in [5, 5.41) is 7.53. The van der Waals surface area contributed by atoms with E-state index in [1.54, 1.807) is 0 Å². The van der Waals surface area contributed by atoms with E-state index in [4.69, 9.17) is 5.11 Å². The second kappa shape index (κ2) is 6.38. The minimum absolute atomic E-state index is 1.26. The molecule has 18 heteroatoms. The van der Waals surface area contributed by atoms with Crippen molar-refractivity contribution in [3.8, 4) is 0 Å². The van der Waals surface area contributed by atoms with Crippen LogP contribution in [0.4, 0.5) is 74.6 Å². The van der Waals surface area contributed by atoms with E-state index in [-0.39, 0.29) is 0 Å². The van der Waals surface area contributed by atoms with Gasteiger partial charge in [-0.3, -0.25) is 0 Å². The zero-order valence-corrected chi connectivity index (χ0v) is 12.4. The second-order valence-electron chi connectivity index (χ2n) is 5.33. The molecule has 1 unspecified atom stereocenters. The monoisotopic (exact) mass is 464 g/mol. The fraction of sp³-hybridized carbons (Fsp3) is 1.00. The molecule has 0 saturated heterocycles. The first-order chi connectivity index (χ1) is 11.7. The molecule has 0 heterocycles. The molecule has 0 aliphatic rings. The van der Waals surface area contributed by atoms with Crippen LogP contribution < -0.4 is 0 Å². The molecule has 0 bridgehead atoms. The maximum absolute atomic E-state index is 13.1. The summed E-state index contributed by atoms with van der Waals surface area (Å²) in [5.41, 5.74) is 0. The summed E-state index contributed by atoms with van der Waals surface area (Å²) in [6.07, 6.45) is -12.8. The van der Waals surface area contributed by atoms with E-state index >= 15 is 0 Å². The maximum atomic E-state index is 13.1. The normalized spacial score (nSPS) is 17.7. The van der Waals surface area contributed by atoms with Gasteiger partial charge in [-0.15, -0.1) is 0 Å². The molecule has 0 aromatic rings. The highest BCUT2D eigenvalue weighted by atomic mass is 19.4. The van der Waals surface area contributed by atoms with Crippen LogP contribution in [0, 0.1) is 0 Å². The first-order valence-corrected chi connectivity index (χ1v) is 6.04. The Morgan fingerprint density at radius 2 is 0.750 bits per heavy atom. The molecule has 1 N–H and O–H groups in total. The third kappa shape index (κ3) is 3.34. The molecule has 0 spiro atoms. The molecule has 0 aromatic heterocycles. The average Bonchev–Trinajstić information content (AvgIpc) is 2.42. The van der Waals surface area contributed by atoms with Crippen molar-refractivity contribution in [3.63, 3.8) is 0 Å². The van der Waals surface area contributed by atoms with Crippen LogP contribution in [0.2, 0.25) is 0 Å². The summed E-state index contributed by atoms with van der Waals surface area (Å²) < 4.78 is 217. The Labute approximate surface area is 142 Å². The molecule has 0 aliphatic heterocycles. The molecule has 0 saturated carbocycles. The predicted molar refractivity (Wildman–Crippen MR) is 52.4 cm³/mol. The van der Waals surface area contributed by atoms with Crippen LogP contribution in [0.1, 0.15) is 6.92 Å². The Balaban J connectivity index is 6.64. The first-order valence-electron chi connectivity index (χ1n) is 6.04. The van der Waals surface area contributed by atoms with Gasteiger partial charge in [-0.25, -0.2) is 4.39 Å². The van der Waals surface area contributed by atoms with Crippen LogP contribution in [0.5, 0.6) is 0 Å². The molecule has 0 aromatic carbocycles. The molecule has 0 radical (unpaired) electrons. The minimum atomic E-state index is -8.53. The Morgan fingerprint density at radius 1 is 0.500 bits per heavy atom. The number of alkyl halides is 17. The van der Waals surface area contributed by atoms with Gasteiger partial charge < -0.3 is 5.11 Å². The number of aliphatic hydroxyl groups is 1. The van der Waals surface area contributed by atoms with Gasteiger partial charge in [0.1, 0.15) is 0 Å². The largest absolute Gasteiger partial charge is 0.390 e. The standard InChI is InChI=1S/C10H5F17O/c1-3(12,13)6(18,19)8(22,23)10(26,27)9(24,25)7(20,21)4(14,15)2(11)5(16,17)28/h2,28H,1H3. The highest BCUT2D eigenvalue weighted by molar-refractivity contribution is 5.14. The van der Waals surface area contributed by atoms with E-state index in [1.807, 2.05) is 0 Å². The number of hydrogen-bond acceptors (Lipinski definition) is 1. The molecular weight excluding hydrogens is 459 g/mol. The fourth-order valence-electron chi connectivity index (χ4n) is 1.45. The molecule has 0 aliphatic carbocycles. The SMILES string of the molecule is CC(F)(F)C(F)(F)C(F)(F)C(F)(F)C(F)(F)C(F)(F)C(F)(F)C(F)C(O)(F)F. The van der Waals surface area contributed by atoms with Crippen molar-refractivity contribution in [3.05, 3.63) is 0 Å². The number of halogens is 17. The Kier molecular flexibility index (Phi) is 6.10. The topological polar surface area (TPSA) is 20.2 Å². The van der Waals surface area contributed by atoms with E-state index in [1.165, 1.54) is 0 Å². The second-order valence-corrected chi connectivity index (χ2v) is 5.33. The van der Waals surface area contributed by atoms with Crippen LogP contribution in [-0.4, -0.2) is 58.8 Å². The van der Waals surface area contributed by atoms with Gasteiger partial charge in [0.05, 0.1) is 0 Å². The third-order valence-corrected chi connectivity index (χ3v) is 3.17. The highest BCUT2D eigenvalue weighted by Gasteiger charge is 2.93. The van der Waals surface area contributed by atoms with Crippen molar-refractivity contribution < 1.29 is 79.7 Å². The van der Waals surface area contributed by atoms with Crippen LogP contribution in [0.25, 0.3) is 0 Å². The fourth-order valence-corrected chi connectivity index (χ4v) is 1.45. The Hall–Kier alpha value is -1.23. The quantitative estimate of drug-likeness (QED) is 0.479. The maximum Gasteiger partial charge on any atom is 0.390 e. The summed E-state index contributed by atoms with van der Waals surface area (Å²) >= 11 is 0. The van der Waals surface area contributed by atoms with Gasteiger partial charge in [0.25, 0.3) is 6.17 Å². The first kappa shape index (κ1) is 26.8.